The molecule has 0 aliphatic heterocycles. The zero-order valence-electron chi connectivity index (χ0n) is 13.3. The summed E-state index contributed by atoms with van der Waals surface area (Å²) in [5, 5.41) is 5.73. The highest BCUT2D eigenvalue weighted by atomic mass is 19.1. The number of ether oxygens (including phenoxy) is 1. The van der Waals surface area contributed by atoms with Crippen LogP contribution in [0.25, 0.3) is 0 Å². The van der Waals surface area contributed by atoms with Crippen molar-refractivity contribution in [3.05, 3.63) is 65.5 Å². The molecule has 122 valence electrons. The first kappa shape index (κ1) is 17.0. The average molecular weight is 316 g/mol. The van der Waals surface area contributed by atoms with Crippen LogP contribution < -0.4 is 15.4 Å². The minimum Gasteiger partial charge on any atom is -0.489 e. The highest BCUT2D eigenvalue weighted by Gasteiger charge is 2.09. The lowest BCUT2D eigenvalue weighted by Crippen LogP contribution is -2.40. The van der Waals surface area contributed by atoms with E-state index >= 15 is 0 Å². The van der Waals surface area contributed by atoms with Gasteiger partial charge < -0.3 is 15.4 Å². The number of halogens is 1. The van der Waals surface area contributed by atoms with E-state index < -0.39 is 0 Å². The Morgan fingerprint density at radius 2 is 1.87 bits per heavy atom. The van der Waals surface area contributed by atoms with Gasteiger partial charge in [-0.15, -0.1) is 0 Å². The van der Waals surface area contributed by atoms with Crippen LogP contribution in [0.1, 0.15) is 18.1 Å². The molecule has 2 aromatic rings. The van der Waals surface area contributed by atoms with E-state index in [0.29, 0.717) is 17.9 Å². The van der Waals surface area contributed by atoms with E-state index in [-0.39, 0.29) is 24.4 Å². The second-order valence-electron chi connectivity index (χ2n) is 5.24. The Morgan fingerprint density at radius 3 is 2.52 bits per heavy atom. The first-order chi connectivity index (χ1) is 11.1. The number of carbonyl (C=O) groups excluding carboxylic acids is 1. The van der Waals surface area contributed by atoms with Gasteiger partial charge in [0.1, 0.15) is 18.2 Å². The van der Waals surface area contributed by atoms with Crippen molar-refractivity contribution in [1.29, 1.82) is 0 Å². The molecule has 0 fully saturated rings. The van der Waals surface area contributed by atoms with E-state index in [2.05, 4.69) is 10.6 Å². The molecule has 0 radical (unpaired) electrons. The fourth-order valence-electron chi connectivity index (χ4n) is 2.06. The van der Waals surface area contributed by atoms with Crippen LogP contribution in [0.5, 0.6) is 5.75 Å². The molecule has 2 rings (SSSR count). The number of rotatable bonds is 7. The van der Waals surface area contributed by atoms with Crippen molar-refractivity contribution in [2.75, 3.05) is 7.05 Å². The van der Waals surface area contributed by atoms with Crippen LogP contribution in [-0.2, 0) is 17.9 Å². The summed E-state index contributed by atoms with van der Waals surface area (Å²) in [5.41, 5.74) is 1.57. The second kappa shape index (κ2) is 8.29. The third-order valence-electron chi connectivity index (χ3n) is 3.53. The van der Waals surface area contributed by atoms with Crippen LogP contribution in [0.4, 0.5) is 4.39 Å². The summed E-state index contributed by atoms with van der Waals surface area (Å²) in [6.45, 7) is 2.59. The first-order valence-corrected chi connectivity index (χ1v) is 7.50. The Kier molecular flexibility index (Phi) is 6.11. The minimum absolute atomic E-state index is 0.0464. The highest BCUT2D eigenvalue weighted by molar-refractivity contribution is 5.80. The minimum atomic E-state index is -0.267. The van der Waals surface area contributed by atoms with Crippen molar-refractivity contribution in [3.63, 3.8) is 0 Å². The molecule has 23 heavy (non-hydrogen) atoms. The number of carbonyl (C=O) groups is 1. The second-order valence-corrected chi connectivity index (χ2v) is 5.24. The Labute approximate surface area is 135 Å². The van der Waals surface area contributed by atoms with Gasteiger partial charge >= 0.3 is 0 Å². The normalized spacial score (nSPS) is 11.8. The van der Waals surface area contributed by atoms with Gasteiger partial charge in [0.25, 0.3) is 0 Å². The van der Waals surface area contributed by atoms with E-state index in [1.807, 2.05) is 31.2 Å². The van der Waals surface area contributed by atoms with Crippen LogP contribution in [0, 0.1) is 5.82 Å². The maximum atomic E-state index is 13.5. The molecular formula is C18H21FN2O2. The van der Waals surface area contributed by atoms with Crippen molar-refractivity contribution < 1.29 is 13.9 Å². The van der Waals surface area contributed by atoms with E-state index in [0.717, 1.165) is 5.56 Å². The molecule has 4 nitrogen and oxygen atoms in total. The number of hydrogen-bond donors (Lipinski definition) is 2. The Morgan fingerprint density at radius 1 is 1.17 bits per heavy atom. The fraction of sp³-hybridized carbons (Fsp3) is 0.278. The smallest absolute Gasteiger partial charge is 0.236 e. The molecule has 0 heterocycles. The summed E-state index contributed by atoms with van der Waals surface area (Å²) < 4.78 is 19.1. The third-order valence-corrected chi connectivity index (χ3v) is 3.53. The molecule has 1 amide bonds. The van der Waals surface area contributed by atoms with E-state index in [9.17, 15) is 9.18 Å². The summed E-state index contributed by atoms with van der Waals surface area (Å²) >= 11 is 0. The van der Waals surface area contributed by atoms with Crippen LogP contribution in [0.3, 0.4) is 0 Å². The van der Waals surface area contributed by atoms with Gasteiger partial charge in [-0.2, -0.15) is 0 Å². The van der Waals surface area contributed by atoms with Crippen LogP contribution >= 0.6 is 0 Å². The molecule has 0 saturated carbocycles. The highest BCUT2D eigenvalue weighted by Crippen LogP contribution is 2.15. The average Bonchev–Trinajstić information content (AvgIpc) is 2.59. The van der Waals surface area contributed by atoms with Crippen LogP contribution in [-0.4, -0.2) is 19.0 Å². The molecule has 0 aliphatic carbocycles. The maximum Gasteiger partial charge on any atom is 0.236 e. The van der Waals surface area contributed by atoms with Gasteiger partial charge in [0.2, 0.25) is 5.91 Å². The van der Waals surface area contributed by atoms with Gasteiger partial charge in [0, 0.05) is 19.2 Å². The van der Waals surface area contributed by atoms with E-state index in [4.69, 9.17) is 4.74 Å². The predicted molar refractivity (Wildman–Crippen MR) is 87.5 cm³/mol. The molecule has 2 aromatic carbocycles. The zero-order chi connectivity index (χ0) is 16.7. The quantitative estimate of drug-likeness (QED) is 0.825. The lowest BCUT2D eigenvalue weighted by Gasteiger charge is -2.12. The summed E-state index contributed by atoms with van der Waals surface area (Å²) in [4.78, 5) is 11.4. The fourth-order valence-corrected chi connectivity index (χ4v) is 2.06. The summed E-state index contributed by atoms with van der Waals surface area (Å²) in [6.07, 6.45) is 0. The molecule has 1 unspecified atom stereocenters. The topological polar surface area (TPSA) is 50.4 Å². The molecule has 0 bridgehead atoms. The van der Waals surface area contributed by atoms with Gasteiger partial charge in [-0.3, -0.25) is 4.79 Å². The molecular weight excluding hydrogens is 295 g/mol. The summed E-state index contributed by atoms with van der Waals surface area (Å²) in [7, 11) is 1.61. The summed E-state index contributed by atoms with van der Waals surface area (Å²) in [6, 6.07) is 13.8. The Bertz CT molecular complexity index is 644. The lowest BCUT2D eigenvalue weighted by atomic mass is 10.2. The summed E-state index contributed by atoms with van der Waals surface area (Å²) in [5.74, 6) is 0.364. The molecule has 1 atom stereocenters. The first-order valence-electron chi connectivity index (χ1n) is 7.50. The molecule has 0 spiro atoms. The van der Waals surface area contributed by atoms with E-state index in [1.165, 1.54) is 6.07 Å². The van der Waals surface area contributed by atoms with Gasteiger partial charge in [0.05, 0.1) is 6.04 Å². The number of benzene rings is 2. The predicted octanol–water partition coefficient (Wildman–Crippen LogP) is 2.63. The van der Waals surface area contributed by atoms with E-state index in [1.54, 1.807) is 25.2 Å². The van der Waals surface area contributed by atoms with Gasteiger partial charge in [-0.1, -0.05) is 30.3 Å². The zero-order valence-corrected chi connectivity index (χ0v) is 13.3. The van der Waals surface area contributed by atoms with Crippen LogP contribution in [0.15, 0.2) is 48.5 Å². The van der Waals surface area contributed by atoms with Gasteiger partial charge in [-0.25, -0.2) is 4.39 Å². The van der Waals surface area contributed by atoms with Crippen molar-refractivity contribution in [2.45, 2.75) is 26.1 Å². The van der Waals surface area contributed by atoms with Gasteiger partial charge in [-0.05, 0) is 30.7 Å². The van der Waals surface area contributed by atoms with Crippen molar-refractivity contribution in [3.8, 4) is 5.75 Å². The lowest BCUT2D eigenvalue weighted by molar-refractivity contribution is -0.122. The van der Waals surface area contributed by atoms with Crippen LogP contribution in [0.2, 0.25) is 0 Å². The molecule has 2 N–H and O–H groups in total. The molecule has 0 saturated heterocycles. The van der Waals surface area contributed by atoms with Crippen molar-refractivity contribution in [1.82, 2.24) is 10.6 Å². The standard InChI is InChI=1S/C18H21FN2O2/c1-13(18(22)20-2)21-11-14-7-9-16(10-8-14)23-12-15-5-3-4-6-17(15)19/h3-10,13,21H,11-12H2,1-2H3,(H,20,22). The Balaban J connectivity index is 1.85. The van der Waals surface area contributed by atoms with Crippen molar-refractivity contribution in [2.24, 2.45) is 0 Å². The molecule has 5 heteroatoms. The van der Waals surface area contributed by atoms with Gasteiger partial charge in [0.15, 0.2) is 0 Å². The third kappa shape index (κ3) is 5.07. The Hall–Kier alpha value is -2.40. The number of hydrogen-bond acceptors (Lipinski definition) is 3. The maximum absolute atomic E-state index is 13.5. The molecule has 0 aliphatic rings. The number of nitrogens with one attached hydrogen (secondary N) is 2. The molecule has 0 aromatic heterocycles. The monoisotopic (exact) mass is 316 g/mol. The number of likely N-dealkylation sites (N-methyl/N-ethyl adjacent to an activating group) is 1. The largest absolute Gasteiger partial charge is 0.489 e. The number of amides is 1. The SMILES string of the molecule is CNC(=O)C(C)NCc1ccc(OCc2ccccc2F)cc1. The van der Waals surface area contributed by atoms with Crippen molar-refractivity contribution >= 4 is 5.91 Å².